The second kappa shape index (κ2) is 13.3. The maximum atomic E-state index is 14.4. The van der Waals surface area contributed by atoms with E-state index in [1.165, 1.54) is 61.6 Å². The molecule has 0 spiro atoms. The Morgan fingerprint density at radius 1 is 0.947 bits per heavy atom. The van der Waals surface area contributed by atoms with Crippen LogP contribution >= 0.6 is 0 Å². The number of carbonyl (C=O) groups is 1. The number of benzene rings is 3. The van der Waals surface area contributed by atoms with Crippen LogP contribution in [0.25, 0.3) is 0 Å². The van der Waals surface area contributed by atoms with E-state index in [2.05, 4.69) is 0 Å². The van der Waals surface area contributed by atoms with E-state index in [1.54, 1.807) is 18.2 Å². The number of methoxy groups -OCH3 is 2. The van der Waals surface area contributed by atoms with Crippen molar-refractivity contribution in [1.82, 2.24) is 4.90 Å². The Morgan fingerprint density at radius 3 is 2.24 bits per heavy atom. The Kier molecular flexibility index (Phi) is 10.1. The number of nitrogens with zero attached hydrogens (tertiary/aromatic N) is 2. The average molecular weight is 545 g/mol. The van der Waals surface area contributed by atoms with Gasteiger partial charge in [-0.2, -0.15) is 8.42 Å². The number of hydrogen-bond acceptors (Lipinski definition) is 7. The van der Waals surface area contributed by atoms with Crippen LogP contribution in [0.15, 0.2) is 71.6 Å². The average Bonchev–Trinajstić information content (AvgIpc) is 2.92. The summed E-state index contributed by atoms with van der Waals surface area (Å²) in [5, 5.41) is 0. The molecule has 204 valence electrons. The Bertz CT molecular complexity index is 1330. The first-order valence-electron chi connectivity index (χ1n) is 12.2. The first-order chi connectivity index (χ1) is 18.2. The zero-order valence-electron chi connectivity index (χ0n) is 22.0. The smallest absolute Gasteiger partial charge is 0.339 e. The minimum Gasteiger partial charge on any atom is -0.497 e. The van der Waals surface area contributed by atoms with Gasteiger partial charge in [0.15, 0.2) is 0 Å². The Balaban J connectivity index is 2.02. The first-order valence-corrected chi connectivity index (χ1v) is 13.6. The highest BCUT2D eigenvalue weighted by atomic mass is 32.2. The van der Waals surface area contributed by atoms with Crippen molar-refractivity contribution < 1.29 is 31.3 Å². The van der Waals surface area contributed by atoms with E-state index in [0.29, 0.717) is 24.4 Å². The van der Waals surface area contributed by atoms with Crippen molar-refractivity contribution in [3.8, 4) is 11.5 Å². The maximum Gasteiger partial charge on any atom is 0.339 e. The first kappa shape index (κ1) is 28.9. The van der Waals surface area contributed by atoms with Crippen molar-refractivity contribution >= 4 is 21.7 Å². The molecule has 0 radical (unpaired) electrons. The number of rotatable bonds is 13. The molecule has 0 atom stereocenters. The monoisotopic (exact) mass is 544 g/mol. The lowest BCUT2D eigenvalue weighted by atomic mass is 10.1. The zero-order chi connectivity index (χ0) is 27.7. The van der Waals surface area contributed by atoms with E-state index in [9.17, 15) is 17.6 Å². The van der Waals surface area contributed by atoms with Gasteiger partial charge in [0.25, 0.3) is 5.91 Å². The molecule has 3 rings (SSSR count). The molecule has 1 amide bonds. The third-order valence-corrected chi connectivity index (χ3v) is 7.29. The highest BCUT2D eigenvalue weighted by Gasteiger charge is 2.24. The topological polar surface area (TPSA) is 85.4 Å². The number of amides is 1. The van der Waals surface area contributed by atoms with Gasteiger partial charge in [-0.3, -0.25) is 4.79 Å². The summed E-state index contributed by atoms with van der Waals surface area (Å²) >= 11 is 0. The zero-order valence-corrected chi connectivity index (χ0v) is 22.8. The van der Waals surface area contributed by atoms with E-state index in [4.69, 9.17) is 13.7 Å². The SMILES string of the molecule is CCN(CC)c1ccc(CN(CCOC)C(=O)c2ccccc2F)c(OS(=O)(=O)c2ccc(OC)cc2)c1. The summed E-state index contributed by atoms with van der Waals surface area (Å²) in [5.41, 5.74) is 1.12. The van der Waals surface area contributed by atoms with Crippen LogP contribution in [-0.4, -0.2) is 59.7 Å². The maximum absolute atomic E-state index is 14.4. The fraction of sp³-hybridized carbons (Fsp3) is 0.321. The molecule has 0 fully saturated rings. The van der Waals surface area contributed by atoms with Gasteiger partial charge in [0, 0.05) is 50.6 Å². The van der Waals surface area contributed by atoms with Crippen LogP contribution in [0, 0.1) is 5.82 Å². The van der Waals surface area contributed by atoms with Crippen molar-refractivity contribution in [3.63, 3.8) is 0 Å². The van der Waals surface area contributed by atoms with Gasteiger partial charge in [-0.05, 0) is 56.3 Å². The summed E-state index contributed by atoms with van der Waals surface area (Å²) in [7, 11) is -1.22. The standard InChI is InChI=1S/C28H33FN2O6S/c1-5-30(6-2)22-12-11-21(20-31(17-18-35-3)28(32)25-9-7-8-10-26(25)29)27(19-22)37-38(33,34)24-15-13-23(36-4)14-16-24/h7-16,19H,5-6,17-18,20H2,1-4H3. The van der Waals surface area contributed by atoms with Crippen LogP contribution in [0.4, 0.5) is 10.1 Å². The number of ether oxygens (including phenoxy) is 2. The third-order valence-electron chi connectivity index (χ3n) is 6.04. The van der Waals surface area contributed by atoms with Gasteiger partial charge in [0.2, 0.25) is 0 Å². The molecule has 0 unspecified atom stereocenters. The van der Waals surface area contributed by atoms with Crippen molar-refractivity contribution in [2.24, 2.45) is 0 Å². The van der Waals surface area contributed by atoms with Crippen LogP contribution in [0.1, 0.15) is 29.8 Å². The highest BCUT2D eigenvalue weighted by molar-refractivity contribution is 7.87. The predicted octanol–water partition coefficient (Wildman–Crippen LogP) is 4.74. The molecule has 0 aliphatic carbocycles. The van der Waals surface area contributed by atoms with Crippen molar-refractivity contribution in [2.45, 2.75) is 25.3 Å². The molecule has 0 heterocycles. The lowest BCUT2D eigenvalue weighted by molar-refractivity contribution is 0.0675. The fourth-order valence-corrected chi connectivity index (χ4v) is 4.87. The molecular weight excluding hydrogens is 511 g/mol. The minimum atomic E-state index is -4.21. The lowest BCUT2D eigenvalue weighted by Gasteiger charge is -2.26. The minimum absolute atomic E-state index is 0.0253. The number of halogens is 1. The molecule has 10 heteroatoms. The molecule has 38 heavy (non-hydrogen) atoms. The summed E-state index contributed by atoms with van der Waals surface area (Å²) < 4.78 is 56.8. The fourth-order valence-electron chi connectivity index (χ4n) is 3.91. The molecule has 0 N–H and O–H groups in total. The van der Waals surface area contributed by atoms with Crippen LogP contribution < -0.4 is 13.8 Å². The van der Waals surface area contributed by atoms with Crippen LogP contribution in [0.2, 0.25) is 0 Å². The van der Waals surface area contributed by atoms with Crippen molar-refractivity contribution in [2.75, 3.05) is 45.4 Å². The molecule has 0 saturated heterocycles. The molecule has 3 aromatic rings. The second-order valence-corrected chi connectivity index (χ2v) is 9.92. The van der Waals surface area contributed by atoms with Crippen LogP contribution in [-0.2, 0) is 21.4 Å². The van der Waals surface area contributed by atoms with Gasteiger partial charge < -0.3 is 23.5 Å². The van der Waals surface area contributed by atoms with E-state index in [1.807, 2.05) is 24.8 Å². The molecular formula is C28H33FN2O6S. The molecule has 0 aliphatic heterocycles. The van der Waals surface area contributed by atoms with Crippen molar-refractivity contribution in [1.29, 1.82) is 0 Å². The molecule has 0 bridgehead atoms. The second-order valence-electron chi connectivity index (χ2n) is 8.38. The Hall–Kier alpha value is -3.63. The molecule has 0 saturated carbocycles. The summed E-state index contributed by atoms with van der Waals surface area (Å²) in [6, 6.07) is 16.8. The van der Waals surface area contributed by atoms with Gasteiger partial charge in [-0.15, -0.1) is 0 Å². The van der Waals surface area contributed by atoms with E-state index in [-0.39, 0.29) is 35.9 Å². The van der Waals surface area contributed by atoms with Crippen LogP contribution in [0.3, 0.4) is 0 Å². The van der Waals surface area contributed by atoms with Crippen molar-refractivity contribution in [3.05, 3.63) is 83.7 Å². The van der Waals surface area contributed by atoms with E-state index < -0.39 is 21.8 Å². The van der Waals surface area contributed by atoms with Crippen LogP contribution in [0.5, 0.6) is 11.5 Å². The van der Waals surface area contributed by atoms with Gasteiger partial charge in [0.1, 0.15) is 22.2 Å². The van der Waals surface area contributed by atoms with Gasteiger partial charge in [-0.1, -0.05) is 18.2 Å². The van der Waals surface area contributed by atoms with Gasteiger partial charge in [0.05, 0.1) is 19.3 Å². The third kappa shape index (κ3) is 7.02. The summed E-state index contributed by atoms with van der Waals surface area (Å²) in [5.74, 6) is -0.602. The van der Waals surface area contributed by atoms with Gasteiger partial charge >= 0.3 is 10.1 Å². The molecule has 8 nitrogen and oxygen atoms in total. The Morgan fingerprint density at radius 2 is 1.63 bits per heavy atom. The molecule has 3 aromatic carbocycles. The summed E-state index contributed by atoms with van der Waals surface area (Å²) in [6.07, 6.45) is 0. The Labute approximate surface area is 223 Å². The molecule has 0 aliphatic rings. The molecule has 0 aromatic heterocycles. The highest BCUT2D eigenvalue weighted by Crippen LogP contribution is 2.31. The van der Waals surface area contributed by atoms with Gasteiger partial charge in [-0.25, -0.2) is 4.39 Å². The summed E-state index contributed by atoms with van der Waals surface area (Å²) in [4.78, 5) is 16.7. The summed E-state index contributed by atoms with van der Waals surface area (Å²) in [6.45, 7) is 5.72. The lowest BCUT2D eigenvalue weighted by Crippen LogP contribution is -2.34. The predicted molar refractivity (Wildman–Crippen MR) is 144 cm³/mol. The quantitative estimate of drug-likeness (QED) is 0.288. The number of anilines is 1. The normalized spacial score (nSPS) is 11.2. The largest absolute Gasteiger partial charge is 0.497 e. The number of carbonyl (C=O) groups excluding carboxylic acids is 1. The van der Waals surface area contributed by atoms with E-state index in [0.717, 1.165) is 5.69 Å². The number of hydrogen-bond donors (Lipinski definition) is 0. The van der Waals surface area contributed by atoms with E-state index >= 15 is 0 Å².